The summed E-state index contributed by atoms with van der Waals surface area (Å²) in [6, 6.07) is 0.592. The quantitative estimate of drug-likeness (QED) is 0.693. The molecule has 0 fully saturated rings. The van der Waals surface area contributed by atoms with Gasteiger partial charge in [0.05, 0.1) is 12.2 Å². The molecule has 1 heterocycles. The monoisotopic (exact) mass is 267 g/mol. The molecule has 0 aliphatic rings. The Morgan fingerprint density at radius 3 is 2.74 bits per heavy atom. The van der Waals surface area contributed by atoms with Crippen LogP contribution in [-0.4, -0.2) is 46.1 Å². The third-order valence-corrected chi connectivity index (χ3v) is 3.66. The zero-order valence-corrected chi connectivity index (χ0v) is 13.1. The smallest absolute Gasteiger partial charge is 0.0964 e. The minimum absolute atomic E-state index is 0.592. The molecule has 0 radical (unpaired) electrons. The van der Waals surface area contributed by atoms with Gasteiger partial charge < -0.3 is 10.2 Å². The summed E-state index contributed by atoms with van der Waals surface area (Å²) in [5, 5.41) is 11.7. The summed E-state index contributed by atoms with van der Waals surface area (Å²) >= 11 is 0. The molecule has 1 unspecified atom stereocenters. The molecule has 0 bridgehead atoms. The average Bonchev–Trinajstić information content (AvgIpc) is 2.83. The van der Waals surface area contributed by atoms with Crippen LogP contribution in [0.25, 0.3) is 0 Å². The molecule has 0 amide bonds. The van der Waals surface area contributed by atoms with Crippen LogP contribution >= 0.6 is 0 Å². The van der Waals surface area contributed by atoms with Crippen molar-refractivity contribution in [2.45, 2.75) is 53.2 Å². The van der Waals surface area contributed by atoms with Crippen LogP contribution in [0, 0.1) is 5.92 Å². The SMILES string of the molecule is CCCNCc1cn(CCN(C)C(C)C(C)C)nn1. The normalized spacial score (nSPS) is 13.4. The zero-order chi connectivity index (χ0) is 14.3. The zero-order valence-electron chi connectivity index (χ0n) is 13.1. The van der Waals surface area contributed by atoms with E-state index >= 15 is 0 Å². The van der Waals surface area contributed by atoms with Crippen LogP contribution in [0.15, 0.2) is 6.20 Å². The molecular weight excluding hydrogens is 238 g/mol. The maximum Gasteiger partial charge on any atom is 0.0964 e. The molecule has 1 N–H and O–H groups in total. The van der Waals surface area contributed by atoms with E-state index in [1.807, 2.05) is 10.9 Å². The lowest BCUT2D eigenvalue weighted by atomic mass is 10.1. The van der Waals surface area contributed by atoms with Crippen LogP contribution in [0.1, 0.15) is 39.8 Å². The minimum atomic E-state index is 0.592. The largest absolute Gasteiger partial charge is 0.311 e. The maximum atomic E-state index is 4.18. The molecule has 0 saturated carbocycles. The fourth-order valence-corrected chi connectivity index (χ4v) is 1.89. The van der Waals surface area contributed by atoms with Gasteiger partial charge in [-0.3, -0.25) is 4.68 Å². The van der Waals surface area contributed by atoms with Gasteiger partial charge in [-0.15, -0.1) is 5.10 Å². The van der Waals surface area contributed by atoms with Gasteiger partial charge in [-0.1, -0.05) is 26.0 Å². The molecule has 110 valence electrons. The Hall–Kier alpha value is -0.940. The van der Waals surface area contributed by atoms with Crippen LogP contribution in [0.5, 0.6) is 0 Å². The van der Waals surface area contributed by atoms with E-state index in [1.54, 1.807) is 0 Å². The molecule has 1 atom stereocenters. The number of nitrogens with zero attached hydrogens (tertiary/aromatic N) is 4. The topological polar surface area (TPSA) is 46.0 Å². The average molecular weight is 267 g/mol. The molecule has 1 aromatic rings. The molecule has 0 aromatic carbocycles. The van der Waals surface area contributed by atoms with E-state index in [9.17, 15) is 0 Å². The highest BCUT2D eigenvalue weighted by Gasteiger charge is 2.12. The lowest BCUT2D eigenvalue weighted by molar-refractivity contribution is 0.198. The molecule has 0 aliphatic carbocycles. The van der Waals surface area contributed by atoms with Crippen LogP contribution < -0.4 is 5.32 Å². The standard InChI is InChI=1S/C14H29N5/c1-6-7-15-10-14-11-19(17-16-14)9-8-18(5)13(4)12(2)3/h11-13,15H,6-10H2,1-5H3. The Morgan fingerprint density at radius 2 is 2.11 bits per heavy atom. The van der Waals surface area contributed by atoms with Crippen molar-refractivity contribution in [1.29, 1.82) is 0 Å². The van der Waals surface area contributed by atoms with Crippen molar-refractivity contribution < 1.29 is 0 Å². The maximum absolute atomic E-state index is 4.18. The Labute approximate surface area is 117 Å². The lowest BCUT2D eigenvalue weighted by Crippen LogP contribution is -2.35. The van der Waals surface area contributed by atoms with Crippen molar-refractivity contribution in [2.75, 3.05) is 20.1 Å². The van der Waals surface area contributed by atoms with Gasteiger partial charge in [-0.05, 0) is 32.9 Å². The minimum Gasteiger partial charge on any atom is -0.311 e. The van der Waals surface area contributed by atoms with Gasteiger partial charge in [0.15, 0.2) is 0 Å². The number of nitrogens with one attached hydrogen (secondary N) is 1. The molecular formula is C14H29N5. The first-order valence-corrected chi connectivity index (χ1v) is 7.34. The second kappa shape index (κ2) is 8.27. The Morgan fingerprint density at radius 1 is 1.37 bits per heavy atom. The first-order valence-electron chi connectivity index (χ1n) is 7.34. The van der Waals surface area contributed by atoms with E-state index in [4.69, 9.17) is 0 Å². The van der Waals surface area contributed by atoms with Crippen LogP contribution in [-0.2, 0) is 13.1 Å². The molecule has 0 aliphatic heterocycles. The van der Waals surface area contributed by atoms with Crippen molar-refractivity contribution in [3.05, 3.63) is 11.9 Å². The van der Waals surface area contributed by atoms with E-state index in [0.717, 1.165) is 38.3 Å². The van der Waals surface area contributed by atoms with Gasteiger partial charge in [0.25, 0.3) is 0 Å². The number of hydrogen-bond donors (Lipinski definition) is 1. The molecule has 5 heteroatoms. The summed E-state index contributed by atoms with van der Waals surface area (Å²) < 4.78 is 1.94. The molecule has 0 spiro atoms. The van der Waals surface area contributed by atoms with Crippen molar-refractivity contribution >= 4 is 0 Å². The summed E-state index contributed by atoms with van der Waals surface area (Å²) in [7, 11) is 2.17. The highest BCUT2D eigenvalue weighted by Crippen LogP contribution is 2.07. The van der Waals surface area contributed by atoms with Crippen molar-refractivity contribution in [3.8, 4) is 0 Å². The van der Waals surface area contributed by atoms with E-state index < -0.39 is 0 Å². The highest BCUT2D eigenvalue weighted by atomic mass is 15.4. The summed E-state index contributed by atoms with van der Waals surface area (Å²) in [6.07, 6.45) is 3.18. The molecule has 1 rings (SSSR count). The van der Waals surface area contributed by atoms with E-state index in [0.29, 0.717) is 12.0 Å². The number of likely N-dealkylation sites (N-methyl/N-ethyl adjacent to an activating group) is 1. The van der Waals surface area contributed by atoms with Crippen LogP contribution in [0.3, 0.4) is 0 Å². The second-order valence-electron chi connectivity index (χ2n) is 5.61. The highest BCUT2D eigenvalue weighted by molar-refractivity contribution is 4.91. The Bertz CT molecular complexity index is 347. The molecule has 5 nitrogen and oxygen atoms in total. The molecule has 19 heavy (non-hydrogen) atoms. The van der Waals surface area contributed by atoms with Crippen LogP contribution in [0.4, 0.5) is 0 Å². The van der Waals surface area contributed by atoms with E-state index in [2.05, 4.69) is 55.3 Å². The van der Waals surface area contributed by atoms with Crippen molar-refractivity contribution in [2.24, 2.45) is 5.92 Å². The van der Waals surface area contributed by atoms with Gasteiger partial charge >= 0.3 is 0 Å². The summed E-state index contributed by atoms with van der Waals surface area (Å²) in [5.41, 5.74) is 1.02. The second-order valence-corrected chi connectivity index (χ2v) is 5.61. The molecule has 0 saturated heterocycles. The Kier molecular flexibility index (Phi) is 7.02. The van der Waals surface area contributed by atoms with Crippen LogP contribution in [0.2, 0.25) is 0 Å². The fourth-order valence-electron chi connectivity index (χ4n) is 1.89. The van der Waals surface area contributed by atoms with Gasteiger partial charge in [0.1, 0.15) is 0 Å². The third kappa shape index (κ3) is 5.70. The molecule has 1 aromatic heterocycles. The fraction of sp³-hybridized carbons (Fsp3) is 0.857. The number of rotatable bonds is 9. The first-order chi connectivity index (χ1) is 9.04. The van der Waals surface area contributed by atoms with Gasteiger partial charge in [-0.25, -0.2) is 0 Å². The Balaban J connectivity index is 2.33. The summed E-state index contributed by atoms with van der Waals surface area (Å²) in [6.45, 7) is 12.7. The number of aromatic nitrogens is 3. The van der Waals surface area contributed by atoms with Gasteiger partial charge in [0.2, 0.25) is 0 Å². The van der Waals surface area contributed by atoms with E-state index in [-0.39, 0.29) is 0 Å². The van der Waals surface area contributed by atoms with E-state index in [1.165, 1.54) is 0 Å². The van der Waals surface area contributed by atoms with Crippen molar-refractivity contribution in [1.82, 2.24) is 25.2 Å². The first kappa shape index (κ1) is 16.1. The summed E-state index contributed by atoms with van der Waals surface area (Å²) in [5.74, 6) is 0.676. The lowest BCUT2D eigenvalue weighted by Gasteiger charge is -2.27. The van der Waals surface area contributed by atoms with Gasteiger partial charge in [0, 0.05) is 25.3 Å². The third-order valence-electron chi connectivity index (χ3n) is 3.66. The predicted molar refractivity (Wildman–Crippen MR) is 78.9 cm³/mol. The summed E-state index contributed by atoms with van der Waals surface area (Å²) in [4.78, 5) is 2.38. The predicted octanol–water partition coefficient (Wildman–Crippen LogP) is 1.75. The number of hydrogen-bond acceptors (Lipinski definition) is 4. The van der Waals surface area contributed by atoms with Gasteiger partial charge in [-0.2, -0.15) is 0 Å². The van der Waals surface area contributed by atoms with Crippen molar-refractivity contribution in [3.63, 3.8) is 0 Å².